The quantitative estimate of drug-likeness (QED) is 0.741. The van der Waals surface area contributed by atoms with E-state index < -0.39 is 0 Å². The van der Waals surface area contributed by atoms with E-state index in [0.717, 1.165) is 16.8 Å². The molecule has 0 atom stereocenters. The Hall–Kier alpha value is -3.13. The number of hydrogen-bond donors (Lipinski definition) is 1. The predicted molar refractivity (Wildman–Crippen MR) is 99.1 cm³/mol. The number of benzene rings is 1. The number of amides is 1. The van der Waals surface area contributed by atoms with Crippen LogP contribution in [0.25, 0.3) is 11.5 Å². The summed E-state index contributed by atoms with van der Waals surface area (Å²) < 4.78 is 5.34. The predicted octanol–water partition coefficient (Wildman–Crippen LogP) is 2.18. The molecule has 27 heavy (non-hydrogen) atoms. The normalized spacial score (nSPS) is 14.7. The number of carbonyl (C=O) groups is 1. The number of aryl methyl sites for hydroxylation is 2. The molecular weight excluding hydrogens is 344 g/mol. The Bertz CT molecular complexity index is 930. The molecule has 3 aromatic rings. The van der Waals surface area contributed by atoms with E-state index in [1.807, 2.05) is 26.0 Å². The second-order valence-corrected chi connectivity index (χ2v) is 6.86. The van der Waals surface area contributed by atoms with Crippen LogP contribution in [0.15, 0.2) is 41.3 Å². The summed E-state index contributed by atoms with van der Waals surface area (Å²) in [6.45, 7) is 5.80. The molecule has 1 N–H and O–H groups in total. The molecule has 1 aliphatic rings. The first-order valence-electron chi connectivity index (χ1n) is 8.77. The monoisotopic (exact) mass is 364 g/mol. The molecule has 3 heterocycles. The number of nitrogens with zero attached hydrogens (tertiary/aromatic N) is 5. The van der Waals surface area contributed by atoms with Crippen molar-refractivity contribution in [3.63, 3.8) is 0 Å². The fourth-order valence-corrected chi connectivity index (χ4v) is 3.23. The molecule has 0 radical (unpaired) electrons. The second-order valence-electron chi connectivity index (χ2n) is 6.86. The molecule has 2 aromatic heterocycles. The lowest BCUT2D eigenvalue weighted by molar-refractivity contribution is -0.118. The SMILES string of the molecule is Cc1cc(C)cc(NC(=O)CN2CC(c3nc(-c4cnccn4)no3)C2)c1. The van der Waals surface area contributed by atoms with Crippen LogP contribution >= 0.6 is 0 Å². The number of likely N-dealkylation sites (tertiary alicyclic amines) is 1. The van der Waals surface area contributed by atoms with Crippen molar-refractivity contribution in [1.29, 1.82) is 0 Å². The van der Waals surface area contributed by atoms with Crippen LogP contribution in [0.1, 0.15) is 22.9 Å². The summed E-state index contributed by atoms with van der Waals surface area (Å²) in [7, 11) is 0. The fraction of sp³-hybridized carbons (Fsp3) is 0.316. The van der Waals surface area contributed by atoms with Gasteiger partial charge in [-0.1, -0.05) is 11.2 Å². The number of nitrogens with one attached hydrogen (secondary N) is 1. The van der Waals surface area contributed by atoms with Gasteiger partial charge in [-0.15, -0.1) is 0 Å². The minimum Gasteiger partial charge on any atom is -0.339 e. The largest absolute Gasteiger partial charge is 0.339 e. The molecule has 0 bridgehead atoms. The second kappa shape index (κ2) is 7.24. The van der Waals surface area contributed by atoms with Gasteiger partial charge in [-0.25, -0.2) is 4.98 Å². The third-order valence-electron chi connectivity index (χ3n) is 4.41. The molecule has 0 spiro atoms. The van der Waals surface area contributed by atoms with Crippen LogP contribution < -0.4 is 5.32 Å². The number of aromatic nitrogens is 4. The van der Waals surface area contributed by atoms with E-state index in [0.29, 0.717) is 37.0 Å². The van der Waals surface area contributed by atoms with E-state index in [1.165, 1.54) is 0 Å². The highest BCUT2D eigenvalue weighted by Crippen LogP contribution is 2.27. The van der Waals surface area contributed by atoms with Gasteiger partial charge < -0.3 is 9.84 Å². The van der Waals surface area contributed by atoms with Crippen molar-refractivity contribution in [2.24, 2.45) is 0 Å². The van der Waals surface area contributed by atoms with Crippen molar-refractivity contribution < 1.29 is 9.32 Å². The Morgan fingerprint density at radius 3 is 2.70 bits per heavy atom. The van der Waals surface area contributed by atoms with Gasteiger partial charge in [-0.3, -0.25) is 14.7 Å². The molecule has 1 amide bonds. The average molecular weight is 364 g/mol. The van der Waals surface area contributed by atoms with Crippen LogP contribution in [-0.4, -0.2) is 50.5 Å². The number of anilines is 1. The molecule has 1 aliphatic heterocycles. The summed E-state index contributed by atoms with van der Waals surface area (Å²) in [5.74, 6) is 1.12. The minimum atomic E-state index is -0.0239. The Labute approximate surface area is 156 Å². The molecule has 1 saturated heterocycles. The molecular formula is C19H20N6O2. The average Bonchev–Trinajstić information content (AvgIpc) is 3.07. The van der Waals surface area contributed by atoms with Crippen molar-refractivity contribution in [1.82, 2.24) is 25.0 Å². The van der Waals surface area contributed by atoms with Crippen molar-refractivity contribution in [3.05, 3.63) is 53.8 Å². The summed E-state index contributed by atoms with van der Waals surface area (Å²) in [5, 5.41) is 6.92. The molecule has 138 valence electrons. The Morgan fingerprint density at radius 2 is 2.00 bits per heavy atom. The van der Waals surface area contributed by atoms with Gasteiger partial charge in [0.15, 0.2) is 0 Å². The van der Waals surface area contributed by atoms with E-state index in [2.05, 4.69) is 36.4 Å². The summed E-state index contributed by atoms with van der Waals surface area (Å²) in [4.78, 5) is 26.9. The third kappa shape index (κ3) is 4.01. The standard InChI is InChI=1S/C19H20N6O2/c1-12-5-13(2)7-15(6-12)22-17(26)11-25-9-14(10-25)19-23-18(24-27-19)16-8-20-3-4-21-16/h3-8,14H,9-11H2,1-2H3,(H,22,26). The Morgan fingerprint density at radius 1 is 1.22 bits per heavy atom. The molecule has 4 rings (SSSR count). The molecule has 8 heteroatoms. The van der Waals surface area contributed by atoms with Gasteiger partial charge >= 0.3 is 0 Å². The van der Waals surface area contributed by atoms with Crippen LogP contribution in [0, 0.1) is 13.8 Å². The molecule has 1 aromatic carbocycles. The van der Waals surface area contributed by atoms with Gasteiger partial charge in [-0.2, -0.15) is 4.98 Å². The molecule has 1 fully saturated rings. The van der Waals surface area contributed by atoms with Crippen molar-refractivity contribution in [2.45, 2.75) is 19.8 Å². The van der Waals surface area contributed by atoms with Crippen LogP contribution in [0.2, 0.25) is 0 Å². The van der Waals surface area contributed by atoms with Gasteiger partial charge in [0.2, 0.25) is 17.6 Å². The lowest BCUT2D eigenvalue weighted by atomic mass is 10.0. The Kier molecular flexibility index (Phi) is 4.64. The maximum Gasteiger partial charge on any atom is 0.238 e. The maximum absolute atomic E-state index is 12.3. The molecule has 0 unspecified atom stereocenters. The van der Waals surface area contributed by atoms with E-state index in [1.54, 1.807) is 18.6 Å². The highest BCUT2D eigenvalue weighted by atomic mass is 16.5. The van der Waals surface area contributed by atoms with E-state index in [4.69, 9.17) is 4.52 Å². The van der Waals surface area contributed by atoms with E-state index in [9.17, 15) is 4.79 Å². The van der Waals surface area contributed by atoms with Crippen molar-refractivity contribution in [2.75, 3.05) is 25.0 Å². The van der Waals surface area contributed by atoms with E-state index in [-0.39, 0.29) is 11.8 Å². The molecule has 8 nitrogen and oxygen atoms in total. The summed E-state index contributed by atoms with van der Waals surface area (Å²) in [5.41, 5.74) is 3.67. The maximum atomic E-state index is 12.3. The Balaban J connectivity index is 1.29. The smallest absolute Gasteiger partial charge is 0.238 e. The zero-order chi connectivity index (χ0) is 18.8. The lowest BCUT2D eigenvalue weighted by Crippen LogP contribution is -2.48. The van der Waals surface area contributed by atoms with Gasteiger partial charge in [0, 0.05) is 31.2 Å². The summed E-state index contributed by atoms with van der Waals surface area (Å²) in [6, 6.07) is 6.02. The van der Waals surface area contributed by atoms with Crippen molar-refractivity contribution in [3.8, 4) is 11.5 Å². The summed E-state index contributed by atoms with van der Waals surface area (Å²) in [6.07, 6.45) is 4.78. The number of carbonyl (C=O) groups excluding carboxylic acids is 1. The van der Waals surface area contributed by atoms with Crippen LogP contribution in [-0.2, 0) is 4.79 Å². The van der Waals surface area contributed by atoms with Gasteiger partial charge in [0.05, 0.1) is 18.7 Å². The van der Waals surface area contributed by atoms with Crippen LogP contribution in [0.4, 0.5) is 5.69 Å². The third-order valence-corrected chi connectivity index (χ3v) is 4.41. The van der Waals surface area contributed by atoms with E-state index >= 15 is 0 Å². The van der Waals surface area contributed by atoms with Crippen LogP contribution in [0.3, 0.4) is 0 Å². The molecule has 0 saturated carbocycles. The van der Waals surface area contributed by atoms with Gasteiger partial charge in [0.1, 0.15) is 5.69 Å². The highest BCUT2D eigenvalue weighted by Gasteiger charge is 2.33. The van der Waals surface area contributed by atoms with Gasteiger partial charge in [-0.05, 0) is 37.1 Å². The zero-order valence-electron chi connectivity index (χ0n) is 15.2. The first-order valence-corrected chi connectivity index (χ1v) is 8.77. The van der Waals surface area contributed by atoms with Crippen LogP contribution in [0.5, 0.6) is 0 Å². The summed E-state index contributed by atoms with van der Waals surface area (Å²) >= 11 is 0. The first kappa shape index (κ1) is 17.3. The van der Waals surface area contributed by atoms with Gasteiger partial charge in [0.25, 0.3) is 0 Å². The number of hydrogen-bond acceptors (Lipinski definition) is 7. The topological polar surface area (TPSA) is 97.0 Å². The highest BCUT2D eigenvalue weighted by molar-refractivity contribution is 5.92. The first-order chi connectivity index (χ1) is 13.1. The fourth-order valence-electron chi connectivity index (χ4n) is 3.23. The lowest BCUT2D eigenvalue weighted by Gasteiger charge is -2.36. The number of rotatable bonds is 5. The zero-order valence-corrected chi connectivity index (χ0v) is 15.2. The minimum absolute atomic E-state index is 0.0239. The van der Waals surface area contributed by atoms with Crippen molar-refractivity contribution >= 4 is 11.6 Å². The molecule has 0 aliphatic carbocycles.